The average molecular weight is 240 g/mol. The lowest BCUT2D eigenvalue weighted by Gasteiger charge is -2.38. The zero-order valence-corrected chi connectivity index (χ0v) is 11.2. The van der Waals surface area contributed by atoms with E-state index in [0.717, 1.165) is 12.0 Å². The van der Waals surface area contributed by atoms with E-state index in [-0.39, 0.29) is 0 Å². The van der Waals surface area contributed by atoms with Crippen LogP contribution in [-0.2, 0) is 0 Å². The lowest BCUT2D eigenvalue weighted by Crippen LogP contribution is -2.45. The summed E-state index contributed by atoms with van der Waals surface area (Å²) in [6.45, 7) is 4.04. The molecular weight excluding hydrogens is 212 g/mol. The first-order valence-corrected chi connectivity index (χ1v) is 7.34. The number of nitrogens with one attached hydrogen (secondary N) is 1. The van der Waals surface area contributed by atoms with Gasteiger partial charge in [-0.1, -0.05) is 12.8 Å². The van der Waals surface area contributed by atoms with E-state index < -0.39 is 0 Å². The van der Waals surface area contributed by atoms with Gasteiger partial charge in [-0.15, -0.1) is 0 Å². The molecule has 0 bridgehead atoms. The summed E-state index contributed by atoms with van der Waals surface area (Å²) < 4.78 is 0. The number of nitrogens with zero attached hydrogens (tertiary/aromatic N) is 1. The quantitative estimate of drug-likeness (QED) is 0.781. The molecule has 2 atom stereocenters. The molecule has 0 radical (unpaired) electrons. The number of aliphatic hydroxyl groups excluding tert-OH is 1. The van der Waals surface area contributed by atoms with Crippen molar-refractivity contribution in [1.82, 2.24) is 10.2 Å². The van der Waals surface area contributed by atoms with E-state index in [9.17, 15) is 0 Å². The van der Waals surface area contributed by atoms with Crippen molar-refractivity contribution in [3.63, 3.8) is 0 Å². The average Bonchev–Trinajstić information content (AvgIpc) is 2.40. The van der Waals surface area contributed by atoms with Crippen LogP contribution in [0.4, 0.5) is 0 Å². The largest absolute Gasteiger partial charge is 0.396 e. The summed E-state index contributed by atoms with van der Waals surface area (Å²) in [6.07, 6.45) is 7.94. The first-order chi connectivity index (χ1) is 8.33. The predicted octanol–water partition coefficient (Wildman–Crippen LogP) is 1.47. The molecule has 1 aliphatic carbocycles. The van der Waals surface area contributed by atoms with E-state index in [1.165, 1.54) is 58.2 Å². The van der Waals surface area contributed by atoms with Gasteiger partial charge in [0, 0.05) is 19.2 Å². The summed E-state index contributed by atoms with van der Waals surface area (Å²) in [5.74, 6) is 1.41. The summed E-state index contributed by atoms with van der Waals surface area (Å²) >= 11 is 0. The number of hydrogen-bond donors (Lipinski definition) is 2. The molecule has 3 heteroatoms. The third-order valence-corrected chi connectivity index (χ3v) is 4.74. The van der Waals surface area contributed by atoms with Crippen molar-refractivity contribution in [2.75, 3.05) is 33.3 Å². The lowest BCUT2D eigenvalue weighted by molar-refractivity contribution is 0.104. The van der Waals surface area contributed by atoms with Crippen molar-refractivity contribution < 1.29 is 5.11 Å². The molecule has 0 aromatic rings. The second kappa shape index (κ2) is 6.72. The van der Waals surface area contributed by atoms with Crippen LogP contribution in [0.2, 0.25) is 0 Å². The van der Waals surface area contributed by atoms with Gasteiger partial charge in [-0.05, 0) is 57.7 Å². The van der Waals surface area contributed by atoms with E-state index in [1.54, 1.807) is 0 Å². The van der Waals surface area contributed by atoms with Crippen LogP contribution in [0.25, 0.3) is 0 Å². The Morgan fingerprint density at radius 2 is 1.82 bits per heavy atom. The van der Waals surface area contributed by atoms with Crippen LogP contribution in [0.15, 0.2) is 0 Å². The summed E-state index contributed by atoms with van der Waals surface area (Å²) in [4.78, 5) is 2.62. The normalized spacial score (nSPS) is 32.8. The van der Waals surface area contributed by atoms with Crippen LogP contribution in [0.3, 0.4) is 0 Å². The monoisotopic (exact) mass is 240 g/mol. The van der Waals surface area contributed by atoms with Crippen molar-refractivity contribution in [1.29, 1.82) is 0 Å². The second-order valence-electron chi connectivity index (χ2n) is 5.87. The molecule has 1 aliphatic heterocycles. The predicted molar refractivity (Wildman–Crippen MR) is 71.1 cm³/mol. The zero-order valence-electron chi connectivity index (χ0n) is 11.2. The van der Waals surface area contributed by atoms with E-state index in [2.05, 4.69) is 17.3 Å². The summed E-state index contributed by atoms with van der Waals surface area (Å²) in [5.41, 5.74) is 0. The highest BCUT2D eigenvalue weighted by Crippen LogP contribution is 2.26. The number of aliphatic hydroxyl groups is 1. The van der Waals surface area contributed by atoms with E-state index >= 15 is 0 Å². The van der Waals surface area contributed by atoms with Gasteiger partial charge in [0.15, 0.2) is 0 Å². The van der Waals surface area contributed by atoms with Crippen molar-refractivity contribution in [3.05, 3.63) is 0 Å². The number of rotatable bonds is 4. The van der Waals surface area contributed by atoms with Gasteiger partial charge < -0.3 is 15.3 Å². The van der Waals surface area contributed by atoms with Crippen LogP contribution in [0, 0.1) is 11.8 Å². The minimum atomic E-state index is 0.385. The van der Waals surface area contributed by atoms with Gasteiger partial charge in [-0.25, -0.2) is 0 Å². The number of hydrogen-bond acceptors (Lipinski definition) is 3. The van der Waals surface area contributed by atoms with Gasteiger partial charge in [0.2, 0.25) is 0 Å². The Morgan fingerprint density at radius 1 is 1.12 bits per heavy atom. The highest BCUT2D eigenvalue weighted by molar-refractivity contribution is 4.83. The van der Waals surface area contributed by atoms with Crippen LogP contribution in [-0.4, -0.2) is 49.3 Å². The zero-order chi connectivity index (χ0) is 12.1. The van der Waals surface area contributed by atoms with Gasteiger partial charge in [-0.3, -0.25) is 0 Å². The highest BCUT2D eigenvalue weighted by atomic mass is 16.3. The minimum Gasteiger partial charge on any atom is -0.396 e. The molecule has 1 saturated heterocycles. The highest BCUT2D eigenvalue weighted by Gasteiger charge is 2.27. The Morgan fingerprint density at radius 3 is 2.47 bits per heavy atom. The summed E-state index contributed by atoms with van der Waals surface area (Å²) in [6, 6.07) is 0.735. The molecule has 1 saturated carbocycles. The van der Waals surface area contributed by atoms with E-state index in [0.29, 0.717) is 12.5 Å². The maximum Gasteiger partial charge on any atom is 0.0460 e. The first kappa shape index (κ1) is 13.3. The van der Waals surface area contributed by atoms with Crippen LogP contribution in [0.1, 0.15) is 38.5 Å². The SMILES string of the molecule is CNC1CCCCC1CN1CCC(CO)CC1. The Kier molecular flexibility index (Phi) is 5.26. The number of likely N-dealkylation sites (tertiary alicyclic amines) is 1. The molecule has 0 spiro atoms. The van der Waals surface area contributed by atoms with Crippen molar-refractivity contribution in [3.8, 4) is 0 Å². The maximum absolute atomic E-state index is 9.15. The molecule has 100 valence electrons. The van der Waals surface area contributed by atoms with Gasteiger partial charge in [0.05, 0.1) is 0 Å². The van der Waals surface area contributed by atoms with E-state index in [4.69, 9.17) is 5.11 Å². The molecule has 17 heavy (non-hydrogen) atoms. The van der Waals surface area contributed by atoms with Gasteiger partial charge in [-0.2, -0.15) is 0 Å². The Balaban J connectivity index is 1.76. The Labute approximate surface area is 106 Å². The molecule has 1 heterocycles. The fraction of sp³-hybridized carbons (Fsp3) is 1.00. The molecule has 3 nitrogen and oxygen atoms in total. The van der Waals surface area contributed by atoms with Crippen LogP contribution in [0.5, 0.6) is 0 Å². The van der Waals surface area contributed by atoms with Gasteiger partial charge in [0.1, 0.15) is 0 Å². The Bertz CT molecular complexity index is 214. The molecule has 0 aromatic heterocycles. The molecule has 0 aromatic carbocycles. The molecule has 2 aliphatic rings. The van der Waals surface area contributed by atoms with Crippen LogP contribution < -0.4 is 5.32 Å². The van der Waals surface area contributed by atoms with Gasteiger partial charge >= 0.3 is 0 Å². The molecular formula is C14H28N2O. The smallest absolute Gasteiger partial charge is 0.0460 e. The topological polar surface area (TPSA) is 35.5 Å². The third-order valence-electron chi connectivity index (χ3n) is 4.74. The molecule has 2 fully saturated rings. The summed E-state index contributed by atoms with van der Waals surface area (Å²) in [5, 5.41) is 12.6. The van der Waals surface area contributed by atoms with Crippen molar-refractivity contribution in [2.45, 2.75) is 44.6 Å². The van der Waals surface area contributed by atoms with E-state index in [1.807, 2.05) is 0 Å². The lowest BCUT2D eigenvalue weighted by atomic mass is 9.83. The fourth-order valence-corrected chi connectivity index (χ4v) is 3.49. The third kappa shape index (κ3) is 3.67. The number of piperidine rings is 1. The molecule has 2 N–H and O–H groups in total. The fourth-order valence-electron chi connectivity index (χ4n) is 3.49. The molecule has 2 rings (SSSR count). The Hall–Kier alpha value is -0.120. The van der Waals surface area contributed by atoms with Crippen molar-refractivity contribution in [2.24, 2.45) is 11.8 Å². The molecule has 0 amide bonds. The standard InChI is InChI=1S/C14H28N2O/c1-15-14-5-3-2-4-13(14)10-16-8-6-12(11-17)7-9-16/h12-15,17H,2-11H2,1H3. The van der Waals surface area contributed by atoms with Crippen LogP contribution >= 0.6 is 0 Å². The van der Waals surface area contributed by atoms with Gasteiger partial charge in [0.25, 0.3) is 0 Å². The van der Waals surface area contributed by atoms with Crippen molar-refractivity contribution >= 4 is 0 Å². The minimum absolute atomic E-state index is 0.385. The summed E-state index contributed by atoms with van der Waals surface area (Å²) in [7, 11) is 2.11. The maximum atomic E-state index is 9.15. The second-order valence-corrected chi connectivity index (χ2v) is 5.87. The first-order valence-electron chi connectivity index (χ1n) is 7.34. The molecule has 2 unspecified atom stereocenters.